The minimum absolute atomic E-state index is 0. The first kappa shape index (κ1) is 16.1. The predicted octanol–water partition coefficient (Wildman–Crippen LogP) is 2.30. The molecule has 0 aliphatic carbocycles. The Balaban J connectivity index is 0.00000180. The Morgan fingerprint density at radius 3 is 2.95 bits per heavy atom. The van der Waals surface area contributed by atoms with Crippen molar-refractivity contribution in [3.05, 3.63) is 23.2 Å². The summed E-state index contributed by atoms with van der Waals surface area (Å²) in [7, 11) is 0. The molecule has 1 aliphatic heterocycles. The maximum atomic E-state index is 11.9. The Labute approximate surface area is 120 Å². The smallest absolute Gasteiger partial charge is 0.287 e. The second-order valence-electron chi connectivity index (χ2n) is 4.97. The van der Waals surface area contributed by atoms with Crippen LogP contribution in [0.15, 0.2) is 10.5 Å². The highest BCUT2D eigenvalue weighted by molar-refractivity contribution is 5.91. The van der Waals surface area contributed by atoms with Gasteiger partial charge in [0, 0.05) is 13.0 Å². The van der Waals surface area contributed by atoms with E-state index in [0.717, 1.165) is 43.8 Å². The second kappa shape index (κ2) is 7.56. The first-order valence-corrected chi connectivity index (χ1v) is 6.79. The van der Waals surface area contributed by atoms with Crippen LogP contribution in [0.25, 0.3) is 0 Å². The van der Waals surface area contributed by atoms with Gasteiger partial charge in [0.15, 0.2) is 5.76 Å². The number of hydrogen-bond donors (Lipinski definition) is 2. The Morgan fingerprint density at radius 2 is 2.37 bits per heavy atom. The van der Waals surface area contributed by atoms with E-state index in [2.05, 4.69) is 10.6 Å². The van der Waals surface area contributed by atoms with E-state index in [0.29, 0.717) is 11.7 Å². The van der Waals surface area contributed by atoms with Crippen molar-refractivity contribution >= 4 is 18.3 Å². The van der Waals surface area contributed by atoms with Crippen LogP contribution in [-0.4, -0.2) is 25.5 Å². The van der Waals surface area contributed by atoms with Crippen LogP contribution in [0.5, 0.6) is 0 Å². The molecule has 1 unspecified atom stereocenters. The lowest BCUT2D eigenvalue weighted by Crippen LogP contribution is -2.26. The minimum Gasteiger partial charge on any atom is -0.456 e. The van der Waals surface area contributed by atoms with Crippen LogP contribution in [-0.2, 0) is 6.42 Å². The highest BCUT2D eigenvalue weighted by atomic mass is 35.5. The number of carbonyl (C=O) groups is 1. The molecule has 0 saturated carbocycles. The fourth-order valence-corrected chi connectivity index (χ4v) is 2.42. The molecular weight excluding hydrogens is 264 g/mol. The molecule has 0 spiro atoms. The van der Waals surface area contributed by atoms with Crippen molar-refractivity contribution in [2.75, 3.05) is 19.6 Å². The number of hydrogen-bond acceptors (Lipinski definition) is 3. The van der Waals surface area contributed by atoms with Crippen molar-refractivity contribution in [2.45, 2.75) is 33.1 Å². The molecule has 0 radical (unpaired) electrons. The summed E-state index contributed by atoms with van der Waals surface area (Å²) in [6, 6.07) is 1.82. The van der Waals surface area contributed by atoms with Crippen molar-refractivity contribution < 1.29 is 9.21 Å². The van der Waals surface area contributed by atoms with Crippen molar-refractivity contribution in [2.24, 2.45) is 5.92 Å². The summed E-state index contributed by atoms with van der Waals surface area (Å²) >= 11 is 0. The number of halogens is 1. The zero-order valence-corrected chi connectivity index (χ0v) is 12.4. The lowest BCUT2D eigenvalue weighted by atomic mass is 10.1. The number of carbonyl (C=O) groups excluding carboxylic acids is 1. The van der Waals surface area contributed by atoms with Gasteiger partial charge < -0.3 is 15.1 Å². The van der Waals surface area contributed by atoms with Crippen LogP contribution < -0.4 is 10.6 Å². The van der Waals surface area contributed by atoms with Gasteiger partial charge in [-0.05, 0) is 50.4 Å². The molecular formula is C14H23ClN2O2. The number of furan rings is 1. The Morgan fingerprint density at radius 1 is 1.58 bits per heavy atom. The van der Waals surface area contributed by atoms with Crippen molar-refractivity contribution in [3.63, 3.8) is 0 Å². The number of amides is 1. The quantitative estimate of drug-likeness (QED) is 0.873. The average molecular weight is 287 g/mol. The summed E-state index contributed by atoms with van der Waals surface area (Å²) in [5.41, 5.74) is 1.06. The highest BCUT2D eigenvalue weighted by Crippen LogP contribution is 2.15. The van der Waals surface area contributed by atoms with E-state index < -0.39 is 0 Å². The zero-order chi connectivity index (χ0) is 13.0. The molecule has 0 bridgehead atoms. The van der Waals surface area contributed by atoms with Crippen LogP contribution >= 0.6 is 12.4 Å². The first-order chi connectivity index (χ1) is 8.70. The molecule has 1 atom stereocenters. The average Bonchev–Trinajstić information content (AvgIpc) is 2.98. The van der Waals surface area contributed by atoms with E-state index in [1.54, 1.807) is 0 Å². The molecule has 1 aliphatic rings. The van der Waals surface area contributed by atoms with Gasteiger partial charge in [-0.25, -0.2) is 0 Å². The van der Waals surface area contributed by atoms with E-state index in [1.807, 2.05) is 19.9 Å². The maximum absolute atomic E-state index is 11.9. The van der Waals surface area contributed by atoms with Gasteiger partial charge in [0.05, 0.1) is 0 Å². The largest absolute Gasteiger partial charge is 0.456 e. The molecule has 1 aromatic rings. The predicted molar refractivity (Wildman–Crippen MR) is 78.0 cm³/mol. The van der Waals surface area contributed by atoms with Gasteiger partial charge in [-0.1, -0.05) is 6.92 Å². The van der Waals surface area contributed by atoms with Crippen LogP contribution in [0.2, 0.25) is 0 Å². The van der Waals surface area contributed by atoms with Gasteiger partial charge in [-0.2, -0.15) is 0 Å². The molecule has 4 nitrogen and oxygen atoms in total. The van der Waals surface area contributed by atoms with Crippen molar-refractivity contribution in [3.8, 4) is 0 Å². The lowest BCUT2D eigenvalue weighted by molar-refractivity contribution is 0.0922. The third-order valence-electron chi connectivity index (χ3n) is 3.57. The molecule has 108 valence electrons. The topological polar surface area (TPSA) is 54.3 Å². The first-order valence-electron chi connectivity index (χ1n) is 6.79. The normalized spacial score (nSPS) is 18.1. The van der Waals surface area contributed by atoms with Crippen LogP contribution in [0.3, 0.4) is 0 Å². The van der Waals surface area contributed by atoms with E-state index in [-0.39, 0.29) is 18.3 Å². The summed E-state index contributed by atoms with van der Waals surface area (Å²) < 4.78 is 5.52. The minimum atomic E-state index is -0.0937. The summed E-state index contributed by atoms with van der Waals surface area (Å²) in [6.07, 6.45) is 3.08. The third kappa shape index (κ3) is 4.25. The fourth-order valence-electron chi connectivity index (χ4n) is 2.42. The van der Waals surface area contributed by atoms with Gasteiger partial charge in [0.25, 0.3) is 5.91 Å². The molecule has 1 aromatic heterocycles. The standard InChI is InChI=1S/C14H22N2O2.ClH/c1-3-12-10(2)8-13(18-12)14(17)16-7-5-11-4-6-15-9-11;/h8,11,15H,3-7,9H2,1-2H3,(H,16,17);1H. The van der Waals surface area contributed by atoms with Gasteiger partial charge in [0.1, 0.15) is 5.76 Å². The summed E-state index contributed by atoms with van der Waals surface area (Å²) in [5.74, 6) is 1.95. The Kier molecular flexibility index (Phi) is 6.38. The number of rotatable bonds is 5. The number of aryl methyl sites for hydroxylation is 2. The Hall–Kier alpha value is -1.00. The highest BCUT2D eigenvalue weighted by Gasteiger charge is 2.16. The molecule has 1 fully saturated rings. The molecule has 1 amide bonds. The summed E-state index contributed by atoms with van der Waals surface area (Å²) in [4.78, 5) is 11.9. The summed E-state index contributed by atoms with van der Waals surface area (Å²) in [6.45, 7) is 6.92. The van der Waals surface area contributed by atoms with Gasteiger partial charge in [-0.15, -0.1) is 12.4 Å². The molecule has 2 N–H and O–H groups in total. The van der Waals surface area contributed by atoms with Crippen LogP contribution in [0, 0.1) is 12.8 Å². The fraction of sp³-hybridized carbons (Fsp3) is 0.643. The van der Waals surface area contributed by atoms with Gasteiger partial charge in [0.2, 0.25) is 0 Å². The van der Waals surface area contributed by atoms with E-state index in [9.17, 15) is 4.79 Å². The Bertz CT molecular complexity index is 412. The lowest BCUT2D eigenvalue weighted by Gasteiger charge is -2.08. The molecule has 19 heavy (non-hydrogen) atoms. The maximum Gasteiger partial charge on any atom is 0.287 e. The van der Waals surface area contributed by atoms with E-state index in [4.69, 9.17) is 4.42 Å². The van der Waals surface area contributed by atoms with E-state index in [1.165, 1.54) is 6.42 Å². The monoisotopic (exact) mass is 286 g/mol. The third-order valence-corrected chi connectivity index (χ3v) is 3.57. The summed E-state index contributed by atoms with van der Waals surface area (Å²) in [5, 5.41) is 6.26. The molecule has 2 heterocycles. The van der Waals surface area contributed by atoms with Crippen molar-refractivity contribution in [1.82, 2.24) is 10.6 Å². The SMILES string of the molecule is CCc1oc(C(=O)NCCC2CCNC2)cc1C.Cl. The van der Waals surface area contributed by atoms with Gasteiger partial charge >= 0.3 is 0 Å². The molecule has 5 heteroatoms. The molecule has 2 rings (SSSR count). The van der Waals surface area contributed by atoms with Crippen LogP contribution in [0.4, 0.5) is 0 Å². The van der Waals surface area contributed by atoms with Crippen molar-refractivity contribution in [1.29, 1.82) is 0 Å². The van der Waals surface area contributed by atoms with Crippen LogP contribution in [0.1, 0.15) is 41.6 Å². The second-order valence-corrected chi connectivity index (χ2v) is 4.97. The van der Waals surface area contributed by atoms with E-state index >= 15 is 0 Å². The van der Waals surface area contributed by atoms with Gasteiger partial charge in [-0.3, -0.25) is 4.79 Å². The molecule has 1 saturated heterocycles. The number of nitrogens with one attached hydrogen (secondary N) is 2. The zero-order valence-electron chi connectivity index (χ0n) is 11.6. The molecule has 0 aromatic carbocycles.